The molecule has 0 aliphatic heterocycles. The first-order valence-corrected chi connectivity index (χ1v) is 7.83. The van der Waals surface area contributed by atoms with E-state index in [1.165, 1.54) is 28.9 Å². The maximum absolute atomic E-state index is 4.43. The molecule has 3 rings (SSSR count). The van der Waals surface area contributed by atoms with E-state index in [0.717, 1.165) is 23.4 Å². The molecule has 0 unspecified atom stereocenters. The standard InChI is InChI=1S/C16H19N3S/c1-11-9-15(20-16-17-8-7-12(2)19-16)6-3-13(11)10-18-14-4-5-14/h3,6-9,14,18H,4-5,10H2,1-2H3. The molecule has 0 saturated heterocycles. The summed E-state index contributed by atoms with van der Waals surface area (Å²) in [5.74, 6) is 0. The molecular formula is C16H19N3S. The van der Waals surface area contributed by atoms with Crippen molar-refractivity contribution in [2.24, 2.45) is 0 Å². The van der Waals surface area contributed by atoms with Crippen LogP contribution in [0.4, 0.5) is 0 Å². The first-order chi connectivity index (χ1) is 9.70. The van der Waals surface area contributed by atoms with Crippen molar-refractivity contribution in [3.05, 3.63) is 47.3 Å². The van der Waals surface area contributed by atoms with Crippen LogP contribution in [0.15, 0.2) is 40.5 Å². The van der Waals surface area contributed by atoms with E-state index in [0.29, 0.717) is 0 Å². The number of rotatable bonds is 5. The predicted octanol–water partition coefficient (Wildman–Crippen LogP) is 3.50. The van der Waals surface area contributed by atoms with Crippen LogP contribution in [0, 0.1) is 13.8 Å². The Morgan fingerprint density at radius 1 is 1.25 bits per heavy atom. The largest absolute Gasteiger partial charge is 0.310 e. The molecule has 0 spiro atoms. The number of hydrogen-bond acceptors (Lipinski definition) is 4. The molecule has 0 bridgehead atoms. The maximum atomic E-state index is 4.43. The van der Waals surface area contributed by atoms with Crippen molar-refractivity contribution < 1.29 is 0 Å². The Morgan fingerprint density at radius 2 is 2.10 bits per heavy atom. The molecule has 1 heterocycles. The molecule has 1 aliphatic rings. The fraction of sp³-hybridized carbons (Fsp3) is 0.375. The Kier molecular flexibility index (Phi) is 4.03. The van der Waals surface area contributed by atoms with Gasteiger partial charge in [-0.25, -0.2) is 9.97 Å². The molecule has 1 aromatic carbocycles. The van der Waals surface area contributed by atoms with Crippen molar-refractivity contribution in [2.45, 2.75) is 49.3 Å². The number of aromatic nitrogens is 2. The van der Waals surface area contributed by atoms with E-state index in [9.17, 15) is 0 Å². The zero-order valence-electron chi connectivity index (χ0n) is 11.9. The van der Waals surface area contributed by atoms with Gasteiger partial charge in [0.1, 0.15) is 0 Å². The minimum absolute atomic E-state index is 0.754. The van der Waals surface area contributed by atoms with Crippen molar-refractivity contribution in [3.8, 4) is 0 Å². The average Bonchev–Trinajstić information content (AvgIpc) is 3.22. The van der Waals surface area contributed by atoms with Crippen molar-refractivity contribution in [2.75, 3.05) is 0 Å². The molecule has 104 valence electrons. The van der Waals surface area contributed by atoms with Crippen LogP contribution in [0.25, 0.3) is 0 Å². The third kappa shape index (κ3) is 3.58. The minimum Gasteiger partial charge on any atom is -0.310 e. The molecular weight excluding hydrogens is 266 g/mol. The summed E-state index contributed by atoms with van der Waals surface area (Å²) in [5.41, 5.74) is 3.71. The van der Waals surface area contributed by atoms with Crippen LogP contribution in [0.2, 0.25) is 0 Å². The average molecular weight is 285 g/mol. The zero-order chi connectivity index (χ0) is 13.9. The van der Waals surface area contributed by atoms with Gasteiger partial charge in [0.15, 0.2) is 5.16 Å². The highest BCUT2D eigenvalue weighted by molar-refractivity contribution is 7.99. The van der Waals surface area contributed by atoms with Gasteiger partial charge >= 0.3 is 0 Å². The second kappa shape index (κ2) is 5.94. The highest BCUT2D eigenvalue weighted by Crippen LogP contribution is 2.27. The summed E-state index contributed by atoms with van der Waals surface area (Å²) in [5, 5.41) is 4.37. The SMILES string of the molecule is Cc1ccnc(Sc2ccc(CNC3CC3)c(C)c2)n1. The number of nitrogens with zero attached hydrogens (tertiary/aromatic N) is 2. The molecule has 2 aromatic rings. The van der Waals surface area contributed by atoms with Crippen LogP contribution in [-0.2, 0) is 6.54 Å². The van der Waals surface area contributed by atoms with Crippen LogP contribution in [0.5, 0.6) is 0 Å². The second-order valence-electron chi connectivity index (χ2n) is 5.33. The Bertz CT molecular complexity index is 608. The summed E-state index contributed by atoms with van der Waals surface area (Å²) in [7, 11) is 0. The summed E-state index contributed by atoms with van der Waals surface area (Å²) < 4.78 is 0. The second-order valence-corrected chi connectivity index (χ2v) is 6.37. The molecule has 0 amide bonds. The van der Waals surface area contributed by atoms with Gasteiger partial charge in [0.2, 0.25) is 0 Å². The molecule has 1 aliphatic carbocycles. The quantitative estimate of drug-likeness (QED) is 0.853. The van der Waals surface area contributed by atoms with Gasteiger partial charge < -0.3 is 5.32 Å². The molecule has 1 N–H and O–H groups in total. The van der Waals surface area contributed by atoms with Gasteiger partial charge in [0, 0.05) is 29.4 Å². The lowest BCUT2D eigenvalue weighted by molar-refractivity contribution is 0.685. The summed E-state index contributed by atoms with van der Waals surface area (Å²) >= 11 is 1.62. The Labute approximate surface area is 124 Å². The van der Waals surface area contributed by atoms with Crippen LogP contribution < -0.4 is 5.32 Å². The van der Waals surface area contributed by atoms with Gasteiger partial charge in [-0.05, 0) is 67.8 Å². The summed E-state index contributed by atoms with van der Waals surface area (Å²) in [6.45, 7) is 5.14. The predicted molar refractivity (Wildman–Crippen MR) is 81.9 cm³/mol. The maximum Gasteiger partial charge on any atom is 0.192 e. The van der Waals surface area contributed by atoms with Crippen molar-refractivity contribution in [1.29, 1.82) is 0 Å². The van der Waals surface area contributed by atoms with E-state index in [1.807, 2.05) is 19.2 Å². The molecule has 0 atom stereocenters. The van der Waals surface area contributed by atoms with Gasteiger partial charge in [0.25, 0.3) is 0 Å². The van der Waals surface area contributed by atoms with E-state index in [-0.39, 0.29) is 0 Å². The van der Waals surface area contributed by atoms with Gasteiger partial charge in [-0.2, -0.15) is 0 Å². The lowest BCUT2D eigenvalue weighted by Crippen LogP contribution is -2.15. The topological polar surface area (TPSA) is 37.8 Å². The Balaban J connectivity index is 1.69. The first kappa shape index (κ1) is 13.6. The monoisotopic (exact) mass is 285 g/mol. The highest BCUT2D eigenvalue weighted by atomic mass is 32.2. The number of aryl methyl sites for hydroxylation is 2. The molecule has 0 radical (unpaired) electrons. The molecule has 1 saturated carbocycles. The van der Waals surface area contributed by atoms with E-state index in [1.54, 1.807) is 11.8 Å². The fourth-order valence-electron chi connectivity index (χ4n) is 2.05. The van der Waals surface area contributed by atoms with Gasteiger partial charge in [0.05, 0.1) is 0 Å². The van der Waals surface area contributed by atoms with Gasteiger partial charge in [-0.3, -0.25) is 0 Å². The van der Waals surface area contributed by atoms with Crippen molar-refractivity contribution in [3.63, 3.8) is 0 Å². The van der Waals surface area contributed by atoms with Crippen molar-refractivity contribution >= 4 is 11.8 Å². The molecule has 1 fully saturated rings. The smallest absolute Gasteiger partial charge is 0.192 e. The van der Waals surface area contributed by atoms with Gasteiger partial charge in [-0.1, -0.05) is 6.07 Å². The molecule has 3 nitrogen and oxygen atoms in total. The third-order valence-corrected chi connectivity index (χ3v) is 4.32. The molecule has 1 aromatic heterocycles. The minimum atomic E-state index is 0.754. The van der Waals surface area contributed by atoms with Crippen molar-refractivity contribution in [1.82, 2.24) is 15.3 Å². The van der Waals surface area contributed by atoms with Crippen LogP contribution in [-0.4, -0.2) is 16.0 Å². The Hall–Kier alpha value is -1.39. The number of hydrogen-bond donors (Lipinski definition) is 1. The fourth-order valence-corrected chi connectivity index (χ4v) is 2.94. The number of nitrogens with one attached hydrogen (secondary N) is 1. The third-order valence-electron chi connectivity index (χ3n) is 3.45. The molecule has 4 heteroatoms. The first-order valence-electron chi connectivity index (χ1n) is 7.01. The van der Waals surface area contributed by atoms with E-state index < -0.39 is 0 Å². The number of benzene rings is 1. The lowest BCUT2D eigenvalue weighted by atomic mass is 10.1. The van der Waals surface area contributed by atoms with Crippen LogP contribution in [0.3, 0.4) is 0 Å². The summed E-state index contributed by atoms with van der Waals surface area (Å²) in [6, 6.07) is 9.27. The van der Waals surface area contributed by atoms with Crippen LogP contribution in [0.1, 0.15) is 29.7 Å². The Morgan fingerprint density at radius 3 is 2.80 bits per heavy atom. The van der Waals surface area contributed by atoms with E-state index in [4.69, 9.17) is 0 Å². The molecule has 20 heavy (non-hydrogen) atoms. The van der Waals surface area contributed by atoms with E-state index >= 15 is 0 Å². The van der Waals surface area contributed by atoms with E-state index in [2.05, 4.69) is 40.4 Å². The highest BCUT2D eigenvalue weighted by Gasteiger charge is 2.20. The summed E-state index contributed by atoms with van der Waals surface area (Å²) in [6.07, 6.45) is 4.47. The van der Waals surface area contributed by atoms with Crippen LogP contribution >= 0.6 is 11.8 Å². The zero-order valence-corrected chi connectivity index (χ0v) is 12.7. The lowest BCUT2D eigenvalue weighted by Gasteiger charge is -2.09. The van der Waals surface area contributed by atoms with Gasteiger partial charge in [-0.15, -0.1) is 0 Å². The normalized spacial score (nSPS) is 14.5. The summed E-state index contributed by atoms with van der Waals surface area (Å²) in [4.78, 5) is 9.92.